The molecule has 6 heteroatoms. The van der Waals surface area contributed by atoms with Crippen LogP contribution >= 0.6 is 35.0 Å². The average molecular weight is 349 g/mol. The van der Waals surface area contributed by atoms with Crippen LogP contribution in [0.25, 0.3) is 6.08 Å². The van der Waals surface area contributed by atoms with Gasteiger partial charge in [-0.2, -0.15) is 0 Å². The quantitative estimate of drug-likeness (QED) is 0.785. The zero-order valence-electron chi connectivity index (χ0n) is 11.2. The molecule has 1 saturated heterocycles. The van der Waals surface area contributed by atoms with Gasteiger partial charge in [-0.25, -0.2) is 4.99 Å². The van der Waals surface area contributed by atoms with Crippen LogP contribution in [0.15, 0.2) is 58.4 Å². The summed E-state index contributed by atoms with van der Waals surface area (Å²) in [5, 5.41) is 4.45. The Morgan fingerprint density at radius 3 is 2.68 bits per heavy atom. The Bertz CT molecular complexity index is 802. The van der Waals surface area contributed by atoms with Crippen LogP contribution in [0.5, 0.6) is 0 Å². The van der Waals surface area contributed by atoms with E-state index in [2.05, 4.69) is 10.3 Å². The van der Waals surface area contributed by atoms with Gasteiger partial charge in [0.15, 0.2) is 5.17 Å². The third-order valence-electron chi connectivity index (χ3n) is 2.88. The van der Waals surface area contributed by atoms with Crippen LogP contribution in [0.3, 0.4) is 0 Å². The Balaban J connectivity index is 1.86. The largest absolute Gasteiger partial charge is 0.300 e. The molecule has 3 rings (SSSR count). The smallest absolute Gasteiger partial charge is 0.264 e. The van der Waals surface area contributed by atoms with Gasteiger partial charge in [0.05, 0.1) is 10.6 Å². The van der Waals surface area contributed by atoms with Crippen molar-refractivity contribution in [2.45, 2.75) is 0 Å². The SMILES string of the molecule is O=C1NC(=Nc2cccc(Cl)c2)S/C1=C/c1ccccc1Cl. The van der Waals surface area contributed by atoms with Crippen molar-refractivity contribution < 1.29 is 4.79 Å². The lowest BCUT2D eigenvalue weighted by molar-refractivity contribution is -0.115. The van der Waals surface area contributed by atoms with Crippen LogP contribution in [-0.2, 0) is 4.79 Å². The van der Waals surface area contributed by atoms with Gasteiger partial charge < -0.3 is 5.32 Å². The van der Waals surface area contributed by atoms with Crippen LogP contribution < -0.4 is 5.32 Å². The van der Waals surface area contributed by atoms with Crippen molar-refractivity contribution in [2.24, 2.45) is 4.99 Å². The first-order valence-electron chi connectivity index (χ1n) is 6.41. The van der Waals surface area contributed by atoms with Gasteiger partial charge in [0.25, 0.3) is 5.91 Å². The van der Waals surface area contributed by atoms with Gasteiger partial charge in [-0.15, -0.1) is 0 Å². The van der Waals surface area contributed by atoms with Crippen LogP contribution in [0.4, 0.5) is 5.69 Å². The Hall–Kier alpha value is -1.75. The van der Waals surface area contributed by atoms with E-state index in [1.165, 1.54) is 11.8 Å². The maximum atomic E-state index is 12.0. The summed E-state index contributed by atoms with van der Waals surface area (Å²) in [6, 6.07) is 14.5. The Kier molecular flexibility index (Phi) is 4.52. The summed E-state index contributed by atoms with van der Waals surface area (Å²) >= 11 is 13.3. The molecule has 0 aliphatic carbocycles. The summed E-state index contributed by atoms with van der Waals surface area (Å²) in [6.45, 7) is 0. The summed E-state index contributed by atoms with van der Waals surface area (Å²) in [6.07, 6.45) is 1.75. The second-order valence-corrected chi connectivity index (χ2v) is 6.36. The zero-order chi connectivity index (χ0) is 15.5. The fourth-order valence-electron chi connectivity index (χ4n) is 1.88. The van der Waals surface area contributed by atoms with Crippen LogP contribution in [0.2, 0.25) is 10.0 Å². The minimum absolute atomic E-state index is 0.189. The fraction of sp³-hybridized carbons (Fsp3) is 0. The first-order chi connectivity index (χ1) is 10.6. The molecule has 22 heavy (non-hydrogen) atoms. The highest BCUT2D eigenvalue weighted by Crippen LogP contribution is 2.30. The Morgan fingerprint density at radius 1 is 1.09 bits per heavy atom. The van der Waals surface area contributed by atoms with E-state index >= 15 is 0 Å². The van der Waals surface area contributed by atoms with E-state index in [0.717, 1.165) is 5.56 Å². The lowest BCUT2D eigenvalue weighted by Gasteiger charge is -1.97. The number of carbonyl (C=O) groups excluding carboxylic acids is 1. The number of halogens is 2. The molecule has 0 bridgehead atoms. The van der Waals surface area contributed by atoms with E-state index < -0.39 is 0 Å². The molecule has 2 aromatic carbocycles. The first kappa shape index (κ1) is 15.2. The highest BCUT2D eigenvalue weighted by atomic mass is 35.5. The van der Waals surface area contributed by atoms with Gasteiger partial charge in [0.1, 0.15) is 0 Å². The Labute approximate surface area is 142 Å². The van der Waals surface area contributed by atoms with Crippen molar-refractivity contribution in [3.63, 3.8) is 0 Å². The minimum atomic E-state index is -0.189. The van der Waals surface area contributed by atoms with Crippen molar-refractivity contribution in [3.8, 4) is 0 Å². The number of carbonyl (C=O) groups is 1. The minimum Gasteiger partial charge on any atom is -0.300 e. The highest BCUT2D eigenvalue weighted by Gasteiger charge is 2.24. The molecule has 0 aromatic heterocycles. The molecular formula is C16H10Cl2N2OS. The third-order valence-corrected chi connectivity index (χ3v) is 4.37. The van der Waals surface area contributed by atoms with Gasteiger partial charge in [-0.1, -0.05) is 47.5 Å². The molecule has 3 nitrogen and oxygen atoms in total. The van der Waals surface area contributed by atoms with Gasteiger partial charge >= 0.3 is 0 Å². The number of aliphatic imine (C=N–C) groups is 1. The first-order valence-corrected chi connectivity index (χ1v) is 7.99. The molecule has 1 aliphatic rings. The lowest BCUT2D eigenvalue weighted by Crippen LogP contribution is -2.19. The summed E-state index contributed by atoms with van der Waals surface area (Å²) in [7, 11) is 0. The number of benzene rings is 2. The van der Waals surface area contributed by atoms with Crippen molar-refractivity contribution >= 4 is 57.8 Å². The molecule has 0 unspecified atom stereocenters. The van der Waals surface area contributed by atoms with E-state index in [1.54, 1.807) is 24.3 Å². The third kappa shape index (κ3) is 3.53. The molecule has 0 radical (unpaired) electrons. The van der Waals surface area contributed by atoms with E-state index in [4.69, 9.17) is 23.2 Å². The number of hydrogen-bond acceptors (Lipinski definition) is 3. The second-order valence-electron chi connectivity index (χ2n) is 4.48. The molecule has 1 N–H and O–H groups in total. The van der Waals surface area contributed by atoms with Gasteiger partial charge in [-0.3, -0.25) is 4.79 Å². The standard InChI is InChI=1S/C16H10Cl2N2OS/c17-11-5-3-6-12(9-11)19-16-20-15(21)14(22-16)8-10-4-1-2-7-13(10)18/h1-9H,(H,19,20,21)/b14-8+. The highest BCUT2D eigenvalue weighted by molar-refractivity contribution is 8.18. The van der Waals surface area contributed by atoms with E-state index in [0.29, 0.717) is 25.8 Å². The molecule has 1 fully saturated rings. The summed E-state index contributed by atoms with van der Waals surface area (Å²) in [5.41, 5.74) is 1.49. The number of hydrogen-bond donors (Lipinski definition) is 1. The fourth-order valence-corrected chi connectivity index (χ4v) is 3.08. The summed E-state index contributed by atoms with van der Waals surface area (Å²) < 4.78 is 0. The maximum Gasteiger partial charge on any atom is 0.264 e. The van der Waals surface area contributed by atoms with Crippen LogP contribution in [-0.4, -0.2) is 11.1 Å². The number of amides is 1. The van der Waals surface area contributed by atoms with Gasteiger partial charge in [0, 0.05) is 10.0 Å². The average Bonchev–Trinajstić information content (AvgIpc) is 2.81. The van der Waals surface area contributed by atoms with Crippen molar-refractivity contribution in [3.05, 3.63) is 69.0 Å². The van der Waals surface area contributed by atoms with Crippen molar-refractivity contribution in [2.75, 3.05) is 0 Å². The van der Waals surface area contributed by atoms with Crippen molar-refractivity contribution in [1.29, 1.82) is 0 Å². The molecule has 1 heterocycles. The van der Waals surface area contributed by atoms with Gasteiger partial charge in [-0.05, 0) is 47.7 Å². The second kappa shape index (κ2) is 6.57. The molecule has 1 aliphatic heterocycles. The Morgan fingerprint density at radius 2 is 1.91 bits per heavy atom. The number of nitrogens with zero attached hydrogens (tertiary/aromatic N) is 1. The summed E-state index contributed by atoms with van der Waals surface area (Å²) in [5.74, 6) is -0.189. The van der Waals surface area contributed by atoms with Crippen LogP contribution in [0, 0.1) is 0 Å². The molecule has 110 valence electrons. The molecule has 2 aromatic rings. The predicted molar refractivity (Wildman–Crippen MR) is 93.7 cm³/mol. The number of amidine groups is 1. The monoisotopic (exact) mass is 348 g/mol. The molecule has 0 spiro atoms. The normalized spacial score (nSPS) is 18.0. The number of rotatable bonds is 2. The summed E-state index contributed by atoms with van der Waals surface area (Å²) in [4.78, 5) is 16.9. The van der Waals surface area contributed by atoms with E-state index in [9.17, 15) is 4.79 Å². The van der Waals surface area contributed by atoms with E-state index in [-0.39, 0.29) is 5.91 Å². The number of thioether (sulfide) groups is 1. The van der Waals surface area contributed by atoms with E-state index in [1.807, 2.05) is 30.3 Å². The number of nitrogens with one attached hydrogen (secondary N) is 1. The van der Waals surface area contributed by atoms with Crippen molar-refractivity contribution in [1.82, 2.24) is 5.32 Å². The molecule has 1 amide bonds. The van der Waals surface area contributed by atoms with Crippen LogP contribution in [0.1, 0.15) is 5.56 Å². The van der Waals surface area contributed by atoms with Gasteiger partial charge in [0.2, 0.25) is 0 Å². The zero-order valence-corrected chi connectivity index (χ0v) is 13.5. The lowest BCUT2D eigenvalue weighted by atomic mass is 10.2. The molecule has 0 atom stereocenters. The topological polar surface area (TPSA) is 41.5 Å². The maximum absolute atomic E-state index is 12.0. The molecule has 0 saturated carbocycles. The molecular weight excluding hydrogens is 339 g/mol. The predicted octanol–water partition coefficient (Wildman–Crippen LogP) is 4.89.